The number of aromatic nitrogens is 2. The Hall–Kier alpha value is -1.98. The van der Waals surface area contributed by atoms with Crippen LogP contribution in [0, 0.1) is 18.7 Å². The first-order valence-electron chi connectivity index (χ1n) is 5.27. The molecule has 0 amide bonds. The van der Waals surface area contributed by atoms with Gasteiger partial charge in [0.15, 0.2) is 6.23 Å². The molecule has 1 saturated heterocycles. The van der Waals surface area contributed by atoms with Crippen LogP contribution in [0.25, 0.3) is 0 Å². The molecule has 1 aliphatic rings. The average molecular weight is 274 g/mol. The van der Waals surface area contributed by atoms with Gasteiger partial charge in [-0.25, -0.2) is 9.18 Å². The average Bonchev–Trinajstić information content (AvgIpc) is 2.77. The van der Waals surface area contributed by atoms with E-state index in [-0.39, 0.29) is 6.42 Å². The molecule has 19 heavy (non-hydrogen) atoms. The lowest BCUT2D eigenvalue weighted by Gasteiger charge is -2.15. The zero-order chi connectivity index (χ0) is 14.6. The molecule has 0 saturated carbocycles. The summed E-state index contributed by atoms with van der Waals surface area (Å²) >= 11 is 0. The summed E-state index contributed by atoms with van der Waals surface area (Å²) in [6, 6.07) is 0. The molecule has 3 atom stereocenters. The molecular formula is C11H12F2N2O4. The molecular weight excluding hydrogens is 262 g/mol. The van der Waals surface area contributed by atoms with E-state index in [2.05, 4.69) is 12.8 Å². The fraction of sp³-hybridized carbons (Fsp3) is 0.455. The molecule has 1 aromatic heterocycles. The lowest BCUT2D eigenvalue weighted by atomic mass is 10.2. The summed E-state index contributed by atoms with van der Waals surface area (Å²) < 4.78 is 32.2. The Bertz CT molecular complexity index is 566. The number of rotatable bonds is 2. The number of hydrogen-bond donors (Lipinski definition) is 2. The van der Waals surface area contributed by atoms with Crippen LogP contribution >= 0.6 is 0 Å². The smallest absolute Gasteiger partial charge is 0.330 e. The lowest BCUT2D eigenvalue weighted by Crippen LogP contribution is -2.36. The van der Waals surface area contributed by atoms with Crippen molar-refractivity contribution in [1.82, 2.24) is 9.55 Å². The summed E-state index contributed by atoms with van der Waals surface area (Å²) in [5.74, 6) is -1.20. The van der Waals surface area contributed by atoms with Gasteiger partial charge in [0.2, 0.25) is 5.82 Å². The first kappa shape index (κ1) is 15.1. The fourth-order valence-corrected chi connectivity index (χ4v) is 1.71. The number of aliphatic hydroxyl groups is 1. The van der Waals surface area contributed by atoms with Gasteiger partial charge >= 0.3 is 5.69 Å². The molecule has 1 aliphatic heterocycles. The van der Waals surface area contributed by atoms with Crippen LogP contribution in [0.15, 0.2) is 15.8 Å². The van der Waals surface area contributed by atoms with Gasteiger partial charge in [0.05, 0.1) is 18.9 Å². The maximum Gasteiger partial charge on any atom is 0.330 e. The summed E-state index contributed by atoms with van der Waals surface area (Å²) in [7, 11) is 0. The summed E-state index contributed by atoms with van der Waals surface area (Å²) in [6.07, 6.45) is 4.89. The fourth-order valence-electron chi connectivity index (χ4n) is 1.71. The minimum absolute atomic E-state index is 0.0889. The van der Waals surface area contributed by atoms with Crippen molar-refractivity contribution >= 4 is 0 Å². The van der Waals surface area contributed by atoms with E-state index in [1.807, 2.05) is 0 Å². The van der Waals surface area contributed by atoms with E-state index in [1.54, 1.807) is 4.98 Å². The topological polar surface area (TPSA) is 84.3 Å². The Morgan fingerprint density at radius 1 is 1.53 bits per heavy atom. The first-order valence-corrected chi connectivity index (χ1v) is 5.27. The minimum atomic E-state index is -1.55. The van der Waals surface area contributed by atoms with Crippen molar-refractivity contribution in [3.05, 3.63) is 32.9 Å². The highest BCUT2D eigenvalue weighted by Crippen LogP contribution is 2.29. The predicted octanol–water partition coefficient (Wildman–Crippen LogP) is -0.457. The van der Waals surface area contributed by atoms with E-state index < -0.39 is 42.2 Å². The quantitative estimate of drug-likeness (QED) is 0.715. The van der Waals surface area contributed by atoms with Gasteiger partial charge in [-0.3, -0.25) is 14.3 Å². The number of alkyl halides is 1. The van der Waals surface area contributed by atoms with Crippen LogP contribution in [-0.4, -0.2) is 33.5 Å². The number of nitrogens with zero attached hydrogens (tertiary/aromatic N) is 1. The van der Waals surface area contributed by atoms with E-state index in [4.69, 9.17) is 9.84 Å². The Kier molecular flexibility index (Phi) is 4.97. The molecule has 0 aliphatic carbocycles. The van der Waals surface area contributed by atoms with Crippen LogP contribution in [0.5, 0.6) is 0 Å². The Balaban J connectivity index is 0.000000861. The van der Waals surface area contributed by atoms with Crippen molar-refractivity contribution in [3.8, 4) is 12.8 Å². The summed E-state index contributed by atoms with van der Waals surface area (Å²) in [6.45, 7) is -0.391. The molecule has 1 fully saturated rings. The molecule has 104 valence electrons. The number of aromatic amines is 1. The number of terminal acetylenes is 1. The van der Waals surface area contributed by atoms with Crippen LogP contribution in [0.1, 0.15) is 12.6 Å². The molecule has 0 radical (unpaired) electrons. The zero-order valence-electron chi connectivity index (χ0n) is 9.75. The van der Waals surface area contributed by atoms with Gasteiger partial charge in [-0.05, 0) is 0 Å². The maximum atomic E-state index is 13.5. The molecule has 2 rings (SSSR count). The van der Waals surface area contributed by atoms with Gasteiger partial charge in [0.1, 0.15) is 6.17 Å². The lowest BCUT2D eigenvalue weighted by molar-refractivity contribution is -0.0399. The van der Waals surface area contributed by atoms with Crippen molar-refractivity contribution in [2.24, 2.45) is 0 Å². The largest absolute Gasteiger partial charge is 0.394 e. The van der Waals surface area contributed by atoms with Crippen molar-refractivity contribution in [1.29, 1.82) is 0 Å². The van der Waals surface area contributed by atoms with Gasteiger partial charge in [0.25, 0.3) is 5.56 Å². The Labute approximate surface area is 106 Å². The number of aliphatic hydroxyl groups excluding tert-OH is 1. The van der Waals surface area contributed by atoms with Crippen LogP contribution in [0.3, 0.4) is 0 Å². The van der Waals surface area contributed by atoms with Gasteiger partial charge in [-0.2, -0.15) is 4.39 Å². The molecule has 1 aromatic rings. The van der Waals surface area contributed by atoms with E-state index >= 15 is 0 Å². The number of ether oxygens (including phenoxy) is 1. The van der Waals surface area contributed by atoms with Crippen LogP contribution in [0.4, 0.5) is 8.78 Å². The third-order valence-electron chi connectivity index (χ3n) is 2.53. The maximum absolute atomic E-state index is 13.5. The zero-order valence-corrected chi connectivity index (χ0v) is 9.75. The molecule has 0 bridgehead atoms. The highest BCUT2D eigenvalue weighted by molar-refractivity contribution is 4.91. The van der Waals surface area contributed by atoms with Gasteiger partial charge in [-0.1, -0.05) is 0 Å². The van der Waals surface area contributed by atoms with E-state index in [0.717, 1.165) is 0 Å². The van der Waals surface area contributed by atoms with Crippen molar-refractivity contribution < 1.29 is 18.6 Å². The number of nitrogens with one attached hydrogen (secondary N) is 1. The molecule has 3 unspecified atom stereocenters. The van der Waals surface area contributed by atoms with Gasteiger partial charge in [0, 0.05) is 6.42 Å². The van der Waals surface area contributed by atoms with Crippen molar-refractivity contribution in [2.75, 3.05) is 6.61 Å². The Morgan fingerprint density at radius 3 is 2.68 bits per heavy atom. The van der Waals surface area contributed by atoms with Crippen molar-refractivity contribution in [3.63, 3.8) is 0 Å². The Morgan fingerprint density at radius 2 is 2.16 bits per heavy atom. The third-order valence-corrected chi connectivity index (χ3v) is 2.53. The normalized spacial score (nSPS) is 25.6. The number of halogens is 2. The standard InChI is InChI=1S/C9H10F2N2O4.C2H2/c10-5-1-4(3-14)17-8(5)13-2-6(11)7(15)12-9(13)16;1-2/h2,4-5,8,14H,1,3H2,(H,12,15,16);1-2H. The molecule has 2 N–H and O–H groups in total. The molecule has 6 nitrogen and oxygen atoms in total. The molecule has 0 aromatic carbocycles. The third kappa shape index (κ3) is 3.07. The summed E-state index contributed by atoms with van der Waals surface area (Å²) in [5, 5.41) is 8.81. The second-order valence-corrected chi connectivity index (χ2v) is 3.73. The summed E-state index contributed by atoms with van der Waals surface area (Å²) in [4.78, 5) is 23.8. The highest BCUT2D eigenvalue weighted by Gasteiger charge is 2.37. The van der Waals surface area contributed by atoms with Gasteiger partial charge < -0.3 is 9.84 Å². The van der Waals surface area contributed by atoms with Crippen LogP contribution in [-0.2, 0) is 4.74 Å². The van der Waals surface area contributed by atoms with Gasteiger partial charge in [-0.15, -0.1) is 12.8 Å². The molecule has 2 heterocycles. The second-order valence-electron chi connectivity index (χ2n) is 3.73. The number of hydrogen-bond acceptors (Lipinski definition) is 4. The van der Waals surface area contributed by atoms with Crippen molar-refractivity contribution in [2.45, 2.75) is 24.9 Å². The van der Waals surface area contributed by atoms with E-state index in [0.29, 0.717) is 10.8 Å². The van der Waals surface area contributed by atoms with Crippen LogP contribution < -0.4 is 11.2 Å². The predicted molar refractivity (Wildman–Crippen MR) is 61.7 cm³/mol. The summed E-state index contributed by atoms with van der Waals surface area (Å²) in [5.41, 5.74) is -2.12. The molecule has 0 spiro atoms. The van der Waals surface area contributed by atoms with E-state index in [1.165, 1.54) is 0 Å². The minimum Gasteiger partial charge on any atom is -0.394 e. The molecule has 8 heteroatoms. The SMILES string of the molecule is C#C.O=c1[nH]c(=O)n(C2OC(CO)CC2F)cc1F. The second kappa shape index (κ2) is 6.26. The van der Waals surface area contributed by atoms with Crippen LogP contribution in [0.2, 0.25) is 0 Å². The number of H-pyrrole nitrogens is 1. The monoisotopic (exact) mass is 274 g/mol. The first-order chi connectivity index (χ1) is 9.02. The highest BCUT2D eigenvalue weighted by atomic mass is 19.1. The van der Waals surface area contributed by atoms with E-state index in [9.17, 15) is 18.4 Å².